The quantitative estimate of drug-likeness (QED) is 0.254. The molecule has 0 aromatic heterocycles. The van der Waals surface area contributed by atoms with Gasteiger partial charge in [-0.3, -0.25) is 0 Å². The number of aromatic carboxylic acids is 2. The number of benzene rings is 2. The minimum Gasteiger partial charge on any atom is -0.871 e. The molecule has 0 saturated carbocycles. The third-order valence-electron chi connectivity index (χ3n) is 2.56. The first-order valence-electron chi connectivity index (χ1n) is 5.84. The third-order valence-corrected chi connectivity index (χ3v) is 8.56. The number of hydrogen-bond donors (Lipinski definition) is 2. The molecule has 0 bridgehead atoms. The van der Waals surface area contributed by atoms with Gasteiger partial charge < -0.3 is 20.4 Å². The summed E-state index contributed by atoms with van der Waals surface area (Å²) >= 11 is 7.67. The fourth-order valence-corrected chi connectivity index (χ4v) is 3.19. The summed E-state index contributed by atoms with van der Waals surface area (Å²) in [7, 11) is 0. The second kappa shape index (κ2) is 13.3. The van der Waals surface area contributed by atoms with E-state index in [-0.39, 0.29) is 48.8 Å². The minimum absolute atomic E-state index is 0. The van der Waals surface area contributed by atoms with Crippen molar-refractivity contribution in [2.24, 2.45) is 0 Å². The smallest absolute Gasteiger partial charge is 0.871 e. The van der Waals surface area contributed by atoms with Crippen LogP contribution >= 0.6 is 90.4 Å². The molecule has 0 aliphatic rings. The number of hydrogen-bond acceptors (Lipinski definition) is 4. The van der Waals surface area contributed by atoms with Crippen molar-refractivity contribution in [1.82, 2.24) is 0 Å². The van der Waals surface area contributed by atoms with Crippen molar-refractivity contribution in [3.63, 3.8) is 0 Å². The Labute approximate surface area is 227 Å². The molecule has 0 amide bonds. The molecule has 128 valence electrons. The normalized spacial score (nSPS) is 9.08. The van der Waals surface area contributed by atoms with Crippen LogP contribution in [0.15, 0.2) is 24.3 Å². The van der Waals surface area contributed by atoms with Crippen LogP contribution in [-0.2, 0) is 0 Å². The molecule has 0 radical (unpaired) electrons. The Bertz CT molecular complexity index is 749. The Morgan fingerprint density at radius 3 is 1.19 bits per heavy atom. The Kier molecular flexibility index (Phi) is 15.0. The Hall–Kier alpha value is 1.09. The van der Waals surface area contributed by atoms with Gasteiger partial charge in [0.25, 0.3) is 0 Å². The fraction of sp³-hybridized carbons (Fsp3) is 0. The van der Waals surface area contributed by atoms with Crippen molar-refractivity contribution in [2.75, 3.05) is 0 Å². The molecule has 2 aromatic carbocycles. The van der Waals surface area contributed by atoms with Crippen molar-refractivity contribution >= 4 is 102 Å². The van der Waals surface area contributed by atoms with Gasteiger partial charge in [-0.05, 0) is 115 Å². The van der Waals surface area contributed by atoms with Crippen molar-refractivity contribution in [1.29, 1.82) is 0 Å². The summed E-state index contributed by atoms with van der Waals surface area (Å²) in [5.41, 5.74) is -0.334. The average molecular weight is 792 g/mol. The minimum atomic E-state index is -1.17. The van der Waals surface area contributed by atoms with E-state index < -0.39 is 23.4 Å². The molecule has 26 heavy (non-hydrogen) atoms. The molecule has 2 rings (SSSR count). The number of carboxylic acids is 2. The van der Waals surface area contributed by atoms with Gasteiger partial charge >= 0.3 is 49.7 Å². The van der Waals surface area contributed by atoms with Gasteiger partial charge in [0.2, 0.25) is 0 Å². The molecule has 2 N–H and O–H groups in total. The first-order valence-corrected chi connectivity index (χ1v) is 10.2. The third kappa shape index (κ3) is 7.84. The zero-order valence-corrected chi connectivity index (χ0v) is 22.0. The van der Waals surface area contributed by atoms with Crippen molar-refractivity contribution in [3.8, 4) is 11.5 Å². The van der Waals surface area contributed by atoms with E-state index in [1.54, 1.807) is 12.1 Å². The van der Waals surface area contributed by atoms with E-state index in [1.165, 1.54) is 12.1 Å². The molecule has 0 aliphatic heterocycles. The van der Waals surface area contributed by atoms with Crippen LogP contribution in [0, 0.1) is 14.3 Å². The zero-order valence-electron chi connectivity index (χ0n) is 13.3. The molecular weight excluding hydrogens is 786 g/mol. The molecule has 0 fully saturated rings. The van der Waals surface area contributed by atoms with Gasteiger partial charge in [0.1, 0.15) is 0 Å². The van der Waals surface area contributed by atoms with Crippen LogP contribution in [0.1, 0.15) is 20.7 Å². The van der Waals surface area contributed by atoms with Crippen LogP contribution in [0.4, 0.5) is 0 Å². The maximum atomic E-state index is 11.2. The fourth-order valence-electron chi connectivity index (χ4n) is 1.40. The molecule has 0 aliphatic carbocycles. The van der Waals surface area contributed by atoms with E-state index >= 15 is 0 Å². The van der Waals surface area contributed by atoms with E-state index in [9.17, 15) is 19.8 Å². The summed E-state index contributed by atoms with van der Waals surface area (Å²) in [5, 5.41) is 39.6. The van der Waals surface area contributed by atoms with Gasteiger partial charge in [-0.15, -0.1) is 0 Å². The first-order chi connectivity index (χ1) is 11.1. The van der Waals surface area contributed by atoms with Crippen molar-refractivity contribution in [3.05, 3.63) is 49.7 Å². The van der Waals surface area contributed by atoms with E-state index in [0.717, 1.165) is 7.14 Å². The summed E-state index contributed by atoms with van der Waals surface area (Å²) in [4.78, 5) is 21.0. The average Bonchev–Trinajstić information content (AvgIpc) is 2.50. The maximum Gasteiger partial charge on any atom is 1.00 e. The predicted octanol–water partition coefficient (Wildman–Crippen LogP) is -2.66. The summed E-state index contributed by atoms with van der Waals surface area (Å²) in [6.45, 7) is 0. The monoisotopic (exact) mass is 792 g/mol. The Morgan fingerprint density at radius 1 is 0.692 bits per heavy atom. The van der Waals surface area contributed by atoms with Crippen LogP contribution in [0.2, 0.25) is 0 Å². The van der Waals surface area contributed by atoms with Gasteiger partial charge in [-0.25, -0.2) is 9.59 Å². The van der Waals surface area contributed by atoms with E-state index in [4.69, 9.17) is 10.2 Å². The topological polar surface area (TPSA) is 121 Å². The first kappa shape index (κ1) is 29.3. The second-order valence-corrected chi connectivity index (χ2v) is 8.57. The summed E-state index contributed by atoms with van der Waals surface area (Å²) < 4.78 is 2.49. The van der Waals surface area contributed by atoms with E-state index in [0.29, 0.717) is 7.14 Å². The van der Waals surface area contributed by atoms with E-state index in [1.807, 2.05) is 90.4 Å². The summed E-state index contributed by atoms with van der Waals surface area (Å²) in [6.07, 6.45) is 0. The molecule has 6 nitrogen and oxygen atoms in total. The molecule has 0 spiro atoms. The summed E-state index contributed by atoms with van der Waals surface area (Å²) in [6, 6.07) is 5.89. The molecule has 2 aromatic rings. The van der Waals surface area contributed by atoms with Crippen LogP contribution in [0.25, 0.3) is 0 Å². The second-order valence-electron chi connectivity index (χ2n) is 4.09. The maximum absolute atomic E-state index is 11.2. The molecule has 0 atom stereocenters. The van der Waals surface area contributed by atoms with Gasteiger partial charge in [0, 0.05) is 14.3 Å². The standard InChI is InChI=1S/2C7H4I2O3.2Li/c2*8-4-2-1-3(7(11)12)6(10)5(4)9;;/h2*1-2,10H,(H,11,12);;/q;;2*+1/p-2. The van der Waals surface area contributed by atoms with Crippen LogP contribution in [-0.4, -0.2) is 22.2 Å². The van der Waals surface area contributed by atoms with Crippen LogP contribution in [0.5, 0.6) is 11.5 Å². The SMILES string of the molecule is O=C(O)c1ccc(I)c(I)c1[O-].O=C(O)c1ccc(I)c(I)c1[O-].[Li+].[Li+]. The number of rotatable bonds is 2. The van der Waals surface area contributed by atoms with E-state index in [2.05, 4.69) is 0 Å². The largest absolute Gasteiger partial charge is 1.00 e. The molecule has 0 saturated heterocycles. The Morgan fingerprint density at radius 2 is 0.962 bits per heavy atom. The Balaban J connectivity index is 0. The van der Waals surface area contributed by atoms with Gasteiger partial charge in [-0.2, -0.15) is 0 Å². The zero-order chi connectivity index (χ0) is 18.6. The molecule has 0 unspecified atom stereocenters. The van der Waals surface area contributed by atoms with Crippen LogP contribution in [0.3, 0.4) is 0 Å². The number of carboxylic acid groups (broad SMARTS) is 2. The van der Waals surface area contributed by atoms with Gasteiger partial charge in [-0.1, -0.05) is 11.5 Å². The van der Waals surface area contributed by atoms with Crippen molar-refractivity contribution in [2.45, 2.75) is 0 Å². The van der Waals surface area contributed by atoms with Gasteiger partial charge in [0.05, 0.1) is 11.1 Å². The molecular formula is C14H6I4Li2O6. The van der Waals surface area contributed by atoms with Crippen molar-refractivity contribution < 1.29 is 67.7 Å². The number of halogens is 4. The predicted molar refractivity (Wildman–Crippen MR) is 117 cm³/mol. The van der Waals surface area contributed by atoms with Gasteiger partial charge in [0.15, 0.2) is 0 Å². The number of carbonyl (C=O) groups is 2. The summed E-state index contributed by atoms with van der Waals surface area (Å²) in [5.74, 6) is -3.16. The molecule has 12 heteroatoms. The molecule has 0 heterocycles. The van der Waals surface area contributed by atoms with Crippen LogP contribution < -0.4 is 47.9 Å².